The van der Waals surface area contributed by atoms with Crippen LogP contribution in [0.2, 0.25) is 0 Å². The van der Waals surface area contributed by atoms with Gasteiger partial charge in [0.25, 0.3) is 0 Å². The molecular formula is C63H47F3N4. The third-order valence-electron chi connectivity index (χ3n) is 13.0. The highest BCUT2D eigenvalue weighted by atomic mass is 19.4. The molecule has 0 aliphatic carbocycles. The van der Waals surface area contributed by atoms with Gasteiger partial charge in [0.15, 0.2) is 17.5 Å². The molecule has 0 amide bonds. The molecule has 340 valence electrons. The molecule has 0 bridgehead atoms. The van der Waals surface area contributed by atoms with Crippen LogP contribution < -0.4 is 0 Å². The fourth-order valence-electron chi connectivity index (χ4n) is 9.96. The zero-order valence-electron chi connectivity index (χ0n) is 39.4. The molecule has 11 aromatic rings. The summed E-state index contributed by atoms with van der Waals surface area (Å²) >= 11 is 0. The second-order valence-corrected chi connectivity index (χ2v) is 18.5. The summed E-state index contributed by atoms with van der Waals surface area (Å²) in [6, 6.07) is 63.8. The number of alkyl halides is 3. The normalized spacial score (nSPS) is 11.7. The molecule has 0 saturated heterocycles. The van der Waals surface area contributed by atoms with E-state index in [0.717, 1.165) is 83.6 Å². The largest absolute Gasteiger partial charge is 0.416 e. The minimum absolute atomic E-state index is 0.389. The van der Waals surface area contributed by atoms with Gasteiger partial charge in [-0.1, -0.05) is 173 Å². The van der Waals surface area contributed by atoms with E-state index in [1.54, 1.807) is 6.07 Å². The fraction of sp³-hybridized carbons (Fsp3) is 0.0952. The Hall–Kier alpha value is -8.42. The minimum Gasteiger partial charge on any atom is -0.308 e. The Morgan fingerprint density at radius 1 is 0.329 bits per heavy atom. The van der Waals surface area contributed by atoms with Crippen molar-refractivity contribution in [1.82, 2.24) is 19.5 Å². The first-order chi connectivity index (χ1) is 33.8. The SMILES string of the molecule is Cc1cc(C)cc(-c2ccc3c(c2)c2cc(-c4cc(C)cc(C)c4)ccc2n3-c2c(-c3cccc(C)c3)cc(-c3nc(-c4ccccc4)nc(-c4ccccc4)n3)cc2-c2cccc(C(F)(F)F)c2)c1. The van der Waals surface area contributed by atoms with Gasteiger partial charge in [-0.2, -0.15) is 13.2 Å². The van der Waals surface area contributed by atoms with Crippen molar-refractivity contribution in [2.45, 2.75) is 40.8 Å². The van der Waals surface area contributed by atoms with Crippen molar-refractivity contribution in [2.24, 2.45) is 0 Å². The zero-order valence-corrected chi connectivity index (χ0v) is 39.4. The van der Waals surface area contributed by atoms with E-state index in [0.29, 0.717) is 34.2 Å². The van der Waals surface area contributed by atoms with Crippen molar-refractivity contribution >= 4 is 21.8 Å². The molecule has 0 aliphatic heterocycles. The van der Waals surface area contributed by atoms with Gasteiger partial charge in [0.05, 0.1) is 22.3 Å². The maximum Gasteiger partial charge on any atom is 0.416 e. The third-order valence-corrected chi connectivity index (χ3v) is 13.0. The number of halogens is 3. The topological polar surface area (TPSA) is 43.6 Å². The summed E-state index contributed by atoms with van der Waals surface area (Å²) in [5.74, 6) is 1.35. The van der Waals surface area contributed by atoms with Crippen LogP contribution in [0.15, 0.2) is 194 Å². The number of benzene rings is 9. The van der Waals surface area contributed by atoms with Crippen LogP contribution in [-0.2, 0) is 6.18 Å². The first-order valence-corrected chi connectivity index (χ1v) is 23.4. The van der Waals surface area contributed by atoms with Crippen LogP contribution in [0.25, 0.3) is 106 Å². The summed E-state index contributed by atoms with van der Waals surface area (Å²) in [5.41, 5.74) is 16.8. The van der Waals surface area contributed by atoms with Crippen LogP contribution in [-0.4, -0.2) is 19.5 Å². The van der Waals surface area contributed by atoms with Crippen molar-refractivity contribution in [2.75, 3.05) is 0 Å². The van der Waals surface area contributed by atoms with E-state index in [4.69, 9.17) is 15.0 Å². The average Bonchev–Trinajstić information content (AvgIpc) is 3.68. The highest BCUT2D eigenvalue weighted by molar-refractivity contribution is 6.13. The number of fused-ring (bicyclic) bond motifs is 3. The van der Waals surface area contributed by atoms with Gasteiger partial charge in [-0.05, 0) is 117 Å². The van der Waals surface area contributed by atoms with Crippen molar-refractivity contribution in [3.8, 4) is 84.4 Å². The summed E-state index contributed by atoms with van der Waals surface area (Å²) in [5, 5.41) is 2.04. The number of hydrogen-bond donors (Lipinski definition) is 0. The van der Waals surface area contributed by atoms with E-state index in [1.165, 1.54) is 34.4 Å². The molecule has 0 aliphatic rings. The van der Waals surface area contributed by atoms with Gasteiger partial charge < -0.3 is 4.57 Å². The molecule has 4 nitrogen and oxygen atoms in total. The molecule has 0 unspecified atom stereocenters. The van der Waals surface area contributed by atoms with E-state index < -0.39 is 11.7 Å². The molecule has 0 radical (unpaired) electrons. The highest BCUT2D eigenvalue weighted by Crippen LogP contribution is 2.46. The second kappa shape index (κ2) is 17.6. The van der Waals surface area contributed by atoms with Crippen molar-refractivity contribution in [1.29, 1.82) is 0 Å². The van der Waals surface area contributed by atoms with Crippen molar-refractivity contribution < 1.29 is 13.2 Å². The Kier molecular flexibility index (Phi) is 11.1. The summed E-state index contributed by atoms with van der Waals surface area (Å²) in [7, 11) is 0. The Bertz CT molecular complexity index is 3610. The van der Waals surface area contributed by atoms with Gasteiger partial charge in [-0.15, -0.1) is 0 Å². The van der Waals surface area contributed by atoms with Crippen LogP contribution in [0, 0.1) is 34.6 Å². The molecule has 2 aromatic heterocycles. The van der Waals surface area contributed by atoms with Crippen LogP contribution in [0.5, 0.6) is 0 Å². The number of aryl methyl sites for hydroxylation is 5. The van der Waals surface area contributed by atoms with Gasteiger partial charge in [0, 0.05) is 38.6 Å². The zero-order chi connectivity index (χ0) is 48.3. The Balaban J connectivity index is 1.27. The third kappa shape index (κ3) is 8.45. The molecule has 11 rings (SSSR count). The summed E-state index contributed by atoms with van der Waals surface area (Å²) in [6.07, 6.45) is -4.58. The summed E-state index contributed by atoms with van der Waals surface area (Å²) in [6.45, 7) is 10.5. The molecule has 70 heavy (non-hydrogen) atoms. The Morgan fingerprint density at radius 2 is 0.743 bits per heavy atom. The van der Waals surface area contributed by atoms with E-state index in [-0.39, 0.29) is 0 Å². The molecular weight excluding hydrogens is 870 g/mol. The quantitative estimate of drug-likeness (QED) is 0.153. The number of nitrogens with zero attached hydrogens (tertiary/aromatic N) is 4. The van der Waals surface area contributed by atoms with E-state index >= 15 is 0 Å². The molecule has 7 heteroatoms. The maximum atomic E-state index is 14.8. The molecule has 0 N–H and O–H groups in total. The van der Waals surface area contributed by atoms with E-state index in [9.17, 15) is 13.2 Å². The highest BCUT2D eigenvalue weighted by Gasteiger charge is 2.31. The van der Waals surface area contributed by atoms with Gasteiger partial charge in [0.1, 0.15) is 0 Å². The molecule has 2 heterocycles. The van der Waals surface area contributed by atoms with Gasteiger partial charge in [-0.3, -0.25) is 0 Å². The standard InChI is InChI=1S/C63H47F3N4/c1-38-14-12-19-47(28-38)53-36-51(62-68-60(43-15-8-6-9-16-43)67-61(69-62)44-17-10-7-11-18-44)37-54(48-20-13-21-52(33-48)63(64,65)66)59(53)70-57-24-22-45(49-29-39(2)26-40(3)30-49)34-55(57)56-35-46(23-25-58(56)70)50-31-41(4)27-42(5)32-50/h6-37H,1-5H3. The number of aromatic nitrogens is 4. The lowest BCUT2D eigenvalue weighted by Gasteiger charge is -2.22. The van der Waals surface area contributed by atoms with Crippen LogP contribution in [0.1, 0.15) is 33.4 Å². The van der Waals surface area contributed by atoms with E-state index in [1.807, 2.05) is 72.8 Å². The van der Waals surface area contributed by atoms with Crippen molar-refractivity contribution in [3.05, 3.63) is 228 Å². The first kappa shape index (κ1) is 44.1. The predicted molar refractivity (Wildman–Crippen MR) is 281 cm³/mol. The summed E-state index contributed by atoms with van der Waals surface area (Å²) in [4.78, 5) is 15.2. The van der Waals surface area contributed by atoms with E-state index in [2.05, 4.69) is 136 Å². The van der Waals surface area contributed by atoms with Gasteiger partial charge in [-0.25, -0.2) is 15.0 Å². The average molecular weight is 917 g/mol. The molecule has 0 spiro atoms. The number of hydrogen-bond acceptors (Lipinski definition) is 3. The lowest BCUT2D eigenvalue weighted by molar-refractivity contribution is -0.137. The van der Waals surface area contributed by atoms with Crippen molar-refractivity contribution in [3.63, 3.8) is 0 Å². The monoisotopic (exact) mass is 916 g/mol. The Morgan fingerprint density at radius 3 is 1.20 bits per heavy atom. The fourth-order valence-corrected chi connectivity index (χ4v) is 9.96. The summed E-state index contributed by atoms with van der Waals surface area (Å²) < 4.78 is 46.8. The van der Waals surface area contributed by atoms with Gasteiger partial charge in [0.2, 0.25) is 0 Å². The van der Waals surface area contributed by atoms with Gasteiger partial charge >= 0.3 is 6.18 Å². The lowest BCUT2D eigenvalue weighted by Crippen LogP contribution is -2.06. The second-order valence-electron chi connectivity index (χ2n) is 18.5. The molecule has 9 aromatic carbocycles. The molecule has 0 saturated carbocycles. The molecule has 0 atom stereocenters. The first-order valence-electron chi connectivity index (χ1n) is 23.4. The maximum absolute atomic E-state index is 14.8. The van der Waals surface area contributed by atoms with Crippen LogP contribution >= 0.6 is 0 Å². The van der Waals surface area contributed by atoms with Crippen LogP contribution in [0.4, 0.5) is 13.2 Å². The predicted octanol–water partition coefficient (Wildman–Crippen LogP) is 17.2. The lowest BCUT2D eigenvalue weighted by atomic mass is 9.91. The minimum atomic E-state index is -4.58. The Labute approximate surface area is 405 Å². The molecule has 0 fully saturated rings. The van der Waals surface area contributed by atoms with Crippen LogP contribution in [0.3, 0.4) is 0 Å². The smallest absolute Gasteiger partial charge is 0.308 e. The number of rotatable bonds is 8.